The van der Waals surface area contributed by atoms with Crippen LogP contribution in [0.4, 0.5) is 5.69 Å². The van der Waals surface area contributed by atoms with Gasteiger partial charge in [-0.1, -0.05) is 67.6 Å². The van der Waals surface area contributed by atoms with Gasteiger partial charge < -0.3 is 5.32 Å². The first-order valence-electron chi connectivity index (χ1n) is 10.1. The fourth-order valence-corrected chi connectivity index (χ4v) is 4.19. The van der Waals surface area contributed by atoms with Crippen molar-refractivity contribution in [3.63, 3.8) is 0 Å². The molecule has 0 fully saturated rings. The van der Waals surface area contributed by atoms with E-state index in [0.29, 0.717) is 22.6 Å². The van der Waals surface area contributed by atoms with E-state index in [1.165, 1.54) is 11.8 Å². The highest BCUT2D eigenvalue weighted by Gasteiger charge is 2.13. The zero-order chi connectivity index (χ0) is 20.9. The van der Waals surface area contributed by atoms with Gasteiger partial charge in [0, 0.05) is 12.2 Å². The number of aromatic nitrogens is 2. The molecule has 1 amide bonds. The van der Waals surface area contributed by atoms with Crippen LogP contribution in [0.25, 0.3) is 21.7 Å². The number of hydrogen-bond acceptors (Lipinski definition) is 4. The Morgan fingerprint density at radius 1 is 1.03 bits per heavy atom. The third-order valence-electron chi connectivity index (χ3n) is 4.93. The van der Waals surface area contributed by atoms with Crippen molar-refractivity contribution in [3.05, 3.63) is 77.1 Å². The van der Waals surface area contributed by atoms with Gasteiger partial charge in [0.25, 0.3) is 5.56 Å². The van der Waals surface area contributed by atoms with Gasteiger partial charge in [-0.15, -0.1) is 0 Å². The lowest BCUT2D eigenvalue weighted by Crippen LogP contribution is -2.24. The Labute approximate surface area is 179 Å². The number of hydrogen-bond donors (Lipinski definition) is 1. The van der Waals surface area contributed by atoms with Crippen LogP contribution in [0.1, 0.15) is 19.8 Å². The minimum Gasteiger partial charge on any atom is -0.325 e. The van der Waals surface area contributed by atoms with E-state index in [2.05, 4.69) is 17.2 Å². The summed E-state index contributed by atoms with van der Waals surface area (Å²) in [6.45, 7) is 2.69. The Balaban J connectivity index is 1.52. The molecule has 4 rings (SSSR count). The lowest BCUT2D eigenvalue weighted by Gasteiger charge is -2.13. The monoisotopic (exact) mass is 417 g/mol. The molecule has 0 spiro atoms. The van der Waals surface area contributed by atoms with Crippen LogP contribution in [0.3, 0.4) is 0 Å². The standard InChI is InChI=1S/C24H23N3O2S/c1-2-3-14-27-23(29)20-10-6-7-11-21(20)26-24(27)30-16-22(28)25-19-13-12-17-8-4-5-9-18(17)15-19/h4-13,15H,2-3,14,16H2,1H3,(H,25,28). The molecule has 0 saturated carbocycles. The number of thioether (sulfide) groups is 1. The number of anilines is 1. The molecule has 0 radical (unpaired) electrons. The van der Waals surface area contributed by atoms with Gasteiger partial charge in [0.2, 0.25) is 5.91 Å². The van der Waals surface area contributed by atoms with E-state index >= 15 is 0 Å². The molecule has 3 aromatic carbocycles. The van der Waals surface area contributed by atoms with Gasteiger partial charge in [0.15, 0.2) is 5.16 Å². The molecule has 0 bridgehead atoms. The lowest BCUT2D eigenvalue weighted by atomic mass is 10.1. The number of nitrogens with one attached hydrogen (secondary N) is 1. The van der Waals surface area contributed by atoms with Crippen molar-refractivity contribution < 1.29 is 4.79 Å². The second kappa shape index (κ2) is 9.13. The molecular weight excluding hydrogens is 394 g/mol. The first kappa shape index (κ1) is 20.2. The summed E-state index contributed by atoms with van der Waals surface area (Å²) in [4.78, 5) is 30.1. The van der Waals surface area contributed by atoms with Gasteiger partial charge in [-0.3, -0.25) is 14.2 Å². The van der Waals surface area contributed by atoms with Crippen molar-refractivity contribution in [1.82, 2.24) is 9.55 Å². The Bertz CT molecular complexity index is 1270. The number of nitrogens with zero attached hydrogens (tertiary/aromatic N) is 2. The maximum Gasteiger partial charge on any atom is 0.262 e. The van der Waals surface area contributed by atoms with Gasteiger partial charge in [0.05, 0.1) is 16.7 Å². The first-order valence-corrected chi connectivity index (χ1v) is 11.1. The number of amides is 1. The van der Waals surface area contributed by atoms with Gasteiger partial charge in [-0.2, -0.15) is 0 Å². The predicted octanol–water partition coefficient (Wildman–Crippen LogP) is 5.08. The van der Waals surface area contributed by atoms with E-state index in [4.69, 9.17) is 0 Å². The summed E-state index contributed by atoms with van der Waals surface area (Å²) in [7, 11) is 0. The maximum atomic E-state index is 12.9. The fraction of sp³-hybridized carbons (Fsp3) is 0.208. The molecule has 152 valence electrons. The first-order chi connectivity index (χ1) is 14.7. The second-order valence-electron chi connectivity index (χ2n) is 7.12. The molecule has 4 aromatic rings. The molecule has 1 N–H and O–H groups in total. The van der Waals surface area contributed by atoms with E-state index in [9.17, 15) is 9.59 Å². The average Bonchev–Trinajstić information content (AvgIpc) is 2.77. The summed E-state index contributed by atoms with van der Waals surface area (Å²) in [5, 5.41) is 6.34. The summed E-state index contributed by atoms with van der Waals surface area (Å²) in [5.41, 5.74) is 1.37. The highest BCUT2D eigenvalue weighted by atomic mass is 32.2. The number of benzene rings is 3. The van der Waals surface area contributed by atoms with Crippen LogP contribution in [0.5, 0.6) is 0 Å². The van der Waals surface area contributed by atoms with E-state index in [0.717, 1.165) is 29.3 Å². The quantitative estimate of drug-likeness (QED) is 0.336. The Morgan fingerprint density at radius 3 is 2.63 bits per heavy atom. The number of para-hydroxylation sites is 1. The number of rotatable bonds is 7. The Kier molecular flexibility index (Phi) is 6.14. The zero-order valence-corrected chi connectivity index (χ0v) is 17.6. The third-order valence-corrected chi connectivity index (χ3v) is 5.90. The Hall–Kier alpha value is -3.12. The molecule has 1 heterocycles. The number of unbranched alkanes of at least 4 members (excludes halogenated alkanes) is 1. The molecule has 0 saturated heterocycles. The summed E-state index contributed by atoms with van der Waals surface area (Å²) >= 11 is 1.30. The topological polar surface area (TPSA) is 64.0 Å². The SMILES string of the molecule is CCCCn1c(SCC(=O)Nc2ccc3ccccc3c2)nc2ccccc2c1=O. The summed E-state index contributed by atoms with van der Waals surface area (Å²) in [6.07, 6.45) is 1.86. The molecule has 0 aliphatic rings. The van der Waals surface area contributed by atoms with Crippen LogP contribution in [-0.4, -0.2) is 21.2 Å². The minimum absolute atomic E-state index is 0.0495. The van der Waals surface area contributed by atoms with Crippen LogP contribution in [0.15, 0.2) is 76.7 Å². The zero-order valence-electron chi connectivity index (χ0n) is 16.8. The molecule has 0 aliphatic carbocycles. The minimum atomic E-state index is -0.125. The fourth-order valence-electron chi connectivity index (χ4n) is 3.37. The molecule has 0 atom stereocenters. The molecule has 0 aliphatic heterocycles. The van der Waals surface area contributed by atoms with Crippen LogP contribution < -0.4 is 10.9 Å². The van der Waals surface area contributed by atoms with Crippen molar-refractivity contribution >= 4 is 45.0 Å². The summed E-state index contributed by atoms with van der Waals surface area (Å²) in [5.74, 6) is 0.0590. The molecule has 30 heavy (non-hydrogen) atoms. The van der Waals surface area contributed by atoms with Crippen LogP contribution in [0, 0.1) is 0 Å². The van der Waals surface area contributed by atoms with E-state index in [1.54, 1.807) is 10.6 Å². The molecule has 5 nitrogen and oxygen atoms in total. The molecule has 1 aromatic heterocycles. The predicted molar refractivity (Wildman–Crippen MR) is 124 cm³/mol. The highest BCUT2D eigenvalue weighted by Crippen LogP contribution is 2.21. The van der Waals surface area contributed by atoms with E-state index < -0.39 is 0 Å². The van der Waals surface area contributed by atoms with Crippen LogP contribution in [-0.2, 0) is 11.3 Å². The average molecular weight is 418 g/mol. The number of fused-ring (bicyclic) bond motifs is 2. The largest absolute Gasteiger partial charge is 0.325 e. The second-order valence-corrected chi connectivity index (χ2v) is 8.06. The van der Waals surface area contributed by atoms with Crippen molar-refractivity contribution in [2.75, 3.05) is 11.1 Å². The molecule has 6 heteroatoms. The van der Waals surface area contributed by atoms with E-state index in [-0.39, 0.29) is 17.2 Å². The van der Waals surface area contributed by atoms with Crippen molar-refractivity contribution in [2.45, 2.75) is 31.5 Å². The van der Waals surface area contributed by atoms with Gasteiger partial charge in [-0.25, -0.2) is 4.98 Å². The third kappa shape index (κ3) is 4.39. The summed E-state index contributed by atoms with van der Waals surface area (Å²) < 4.78 is 1.69. The van der Waals surface area contributed by atoms with Crippen LogP contribution in [0.2, 0.25) is 0 Å². The van der Waals surface area contributed by atoms with Gasteiger partial charge in [0.1, 0.15) is 0 Å². The Morgan fingerprint density at radius 2 is 1.80 bits per heavy atom. The molecule has 0 unspecified atom stereocenters. The highest BCUT2D eigenvalue weighted by molar-refractivity contribution is 7.99. The van der Waals surface area contributed by atoms with Crippen molar-refractivity contribution in [2.24, 2.45) is 0 Å². The van der Waals surface area contributed by atoms with Crippen molar-refractivity contribution in [1.29, 1.82) is 0 Å². The lowest BCUT2D eigenvalue weighted by molar-refractivity contribution is -0.113. The van der Waals surface area contributed by atoms with E-state index in [1.807, 2.05) is 60.7 Å². The van der Waals surface area contributed by atoms with Gasteiger partial charge >= 0.3 is 0 Å². The smallest absolute Gasteiger partial charge is 0.262 e. The van der Waals surface area contributed by atoms with Gasteiger partial charge in [-0.05, 0) is 41.5 Å². The number of carbonyl (C=O) groups is 1. The maximum absolute atomic E-state index is 12.9. The number of carbonyl (C=O) groups excluding carboxylic acids is 1. The molecular formula is C24H23N3O2S. The normalized spacial score (nSPS) is 11.1. The summed E-state index contributed by atoms with van der Waals surface area (Å²) in [6, 6.07) is 21.2. The van der Waals surface area contributed by atoms with Crippen molar-refractivity contribution in [3.8, 4) is 0 Å². The van der Waals surface area contributed by atoms with Crippen LogP contribution >= 0.6 is 11.8 Å².